The highest BCUT2D eigenvalue weighted by Gasteiger charge is 2.07. The number of halogens is 2. The summed E-state index contributed by atoms with van der Waals surface area (Å²) in [5, 5.41) is 1.64. The Morgan fingerprint density at radius 3 is 2.65 bits per heavy atom. The molecule has 0 aliphatic carbocycles. The molecule has 1 aromatic heterocycles. The molecule has 0 aliphatic heterocycles. The molecule has 17 heavy (non-hydrogen) atoms. The molecule has 0 saturated carbocycles. The minimum absolute atomic E-state index is 0.207. The maximum absolute atomic E-state index is 13.1. The standard InChI is InChI=1S/C14H8ClFS/c15-12-4-2-1-3-11(12)14-8-9-7-10(16)5-6-13(9)17-14/h1-8H. The van der Waals surface area contributed by atoms with Crippen LogP contribution in [0.15, 0.2) is 48.5 Å². The maximum Gasteiger partial charge on any atom is 0.123 e. The number of thiophene rings is 1. The van der Waals surface area contributed by atoms with E-state index in [1.54, 1.807) is 23.5 Å². The van der Waals surface area contributed by atoms with Gasteiger partial charge in [0.05, 0.1) is 0 Å². The lowest BCUT2D eigenvalue weighted by molar-refractivity contribution is 0.630. The van der Waals surface area contributed by atoms with E-state index >= 15 is 0 Å². The molecule has 0 unspecified atom stereocenters. The Labute approximate surface area is 107 Å². The van der Waals surface area contributed by atoms with E-state index in [9.17, 15) is 4.39 Å². The maximum atomic E-state index is 13.1. The zero-order chi connectivity index (χ0) is 11.8. The van der Waals surface area contributed by atoms with E-state index in [1.807, 2.05) is 30.3 Å². The van der Waals surface area contributed by atoms with E-state index in [1.165, 1.54) is 6.07 Å². The Morgan fingerprint density at radius 2 is 1.82 bits per heavy atom. The van der Waals surface area contributed by atoms with E-state index in [0.717, 1.165) is 25.5 Å². The molecule has 0 N–H and O–H groups in total. The molecule has 0 nitrogen and oxygen atoms in total. The second-order valence-electron chi connectivity index (χ2n) is 3.77. The fraction of sp³-hybridized carbons (Fsp3) is 0. The smallest absolute Gasteiger partial charge is 0.123 e. The van der Waals surface area contributed by atoms with E-state index in [2.05, 4.69) is 0 Å². The largest absolute Gasteiger partial charge is 0.207 e. The van der Waals surface area contributed by atoms with Crippen molar-refractivity contribution in [3.63, 3.8) is 0 Å². The first-order valence-electron chi connectivity index (χ1n) is 5.18. The van der Waals surface area contributed by atoms with Crippen LogP contribution in [0.25, 0.3) is 20.5 Å². The lowest BCUT2D eigenvalue weighted by atomic mass is 10.1. The van der Waals surface area contributed by atoms with Crippen molar-refractivity contribution in [3.05, 3.63) is 59.4 Å². The van der Waals surface area contributed by atoms with Crippen molar-refractivity contribution in [1.82, 2.24) is 0 Å². The zero-order valence-electron chi connectivity index (χ0n) is 8.78. The van der Waals surface area contributed by atoms with E-state index in [-0.39, 0.29) is 5.82 Å². The molecular weight excluding hydrogens is 255 g/mol. The predicted molar refractivity (Wildman–Crippen MR) is 72.2 cm³/mol. The van der Waals surface area contributed by atoms with Crippen LogP contribution in [-0.4, -0.2) is 0 Å². The highest BCUT2D eigenvalue weighted by molar-refractivity contribution is 7.22. The summed E-state index contributed by atoms with van der Waals surface area (Å²) < 4.78 is 14.2. The first kappa shape index (κ1) is 10.8. The van der Waals surface area contributed by atoms with Gasteiger partial charge in [-0.3, -0.25) is 0 Å². The Bertz CT molecular complexity index is 688. The molecule has 0 aliphatic rings. The zero-order valence-corrected chi connectivity index (χ0v) is 10.4. The molecule has 3 rings (SSSR count). The molecule has 0 bridgehead atoms. The van der Waals surface area contributed by atoms with Gasteiger partial charge in [0.2, 0.25) is 0 Å². The Balaban J connectivity index is 2.22. The lowest BCUT2D eigenvalue weighted by Crippen LogP contribution is -1.72. The SMILES string of the molecule is Fc1ccc2sc(-c3ccccc3Cl)cc2c1. The van der Waals surface area contributed by atoms with Gasteiger partial charge in [-0.15, -0.1) is 11.3 Å². The van der Waals surface area contributed by atoms with Crippen molar-refractivity contribution in [3.8, 4) is 10.4 Å². The topological polar surface area (TPSA) is 0 Å². The highest BCUT2D eigenvalue weighted by atomic mass is 35.5. The van der Waals surface area contributed by atoms with Crippen molar-refractivity contribution in [1.29, 1.82) is 0 Å². The van der Waals surface area contributed by atoms with Gasteiger partial charge in [-0.1, -0.05) is 29.8 Å². The minimum atomic E-state index is -0.207. The molecule has 84 valence electrons. The molecular formula is C14H8ClFS. The molecule has 3 heteroatoms. The van der Waals surface area contributed by atoms with Gasteiger partial charge in [0.25, 0.3) is 0 Å². The molecule has 1 heterocycles. The van der Waals surface area contributed by atoms with Crippen LogP contribution in [0.4, 0.5) is 4.39 Å². The van der Waals surface area contributed by atoms with Gasteiger partial charge in [0, 0.05) is 20.2 Å². The Kier molecular flexibility index (Phi) is 2.61. The van der Waals surface area contributed by atoms with E-state index < -0.39 is 0 Å². The molecule has 0 fully saturated rings. The summed E-state index contributed by atoms with van der Waals surface area (Å²) in [7, 11) is 0. The number of hydrogen-bond donors (Lipinski definition) is 0. The van der Waals surface area contributed by atoms with Crippen LogP contribution < -0.4 is 0 Å². The van der Waals surface area contributed by atoms with Crippen LogP contribution in [0.2, 0.25) is 5.02 Å². The Hall–Kier alpha value is -1.38. The summed E-state index contributed by atoms with van der Waals surface area (Å²) in [4.78, 5) is 1.07. The van der Waals surface area contributed by atoms with Crippen LogP contribution in [0.3, 0.4) is 0 Å². The summed E-state index contributed by atoms with van der Waals surface area (Å²) in [6.07, 6.45) is 0. The van der Waals surface area contributed by atoms with Crippen LogP contribution in [0, 0.1) is 5.82 Å². The summed E-state index contributed by atoms with van der Waals surface area (Å²) in [5.74, 6) is -0.207. The van der Waals surface area contributed by atoms with E-state index in [0.29, 0.717) is 0 Å². The highest BCUT2D eigenvalue weighted by Crippen LogP contribution is 2.36. The van der Waals surface area contributed by atoms with Crippen LogP contribution in [0.5, 0.6) is 0 Å². The van der Waals surface area contributed by atoms with Gasteiger partial charge in [-0.2, -0.15) is 0 Å². The third kappa shape index (κ3) is 1.94. The van der Waals surface area contributed by atoms with Gasteiger partial charge in [0.15, 0.2) is 0 Å². The second kappa shape index (κ2) is 4.13. The normalized spacial score (nSPS) is 10.9. The minimum Gasteiger partial charge on any atom is -0.207 e. The Morgan fingerprint density at radius 1 is 1.00 bits per heavy atom. The third-order valence-electron chi connectivity index (χ3n) is 2.62. The first-order chi connectivity index (χ1) is 8.24. The average Bonchev–Trinajstić information content (AvgIpc) is 2.72. The summed E-state index contributed by atoms with van der Waals surface area (Å²) in [6.45, 7) is 0. The average molecular weight is 263 g/mol. The molecule has 3 aromatic rings. The summed E-state index contributed by atoms with van der Waals surface area (Å²) in [5.41, 5.74) is 0.996. The van der Waals surface area contributed by atoms with Crippen molar-refractivity contribution in [2.75, 3.05) is 0 Å². The molecule has 0 amide bonds. The van der Waals surface area contributed by atoms with Gasteiger partial charge >= 0.3 is 0 Å². The van der Waals surface area contributed by atoms with Gasteiger partial charge in [-0.25, -0.2) is 4.39 Å². The van der Waals surface area contributed by atoms with Gasteiger partial charge in [-0.05, 0) is 35.7 Å². The molecule has 0 spiro atoms. The van der Waals surface area contributed by atoms with E-state index in [4.69, 9.17) is 11.6 Å². The fourth-order valence-corrected chi connectivity index (χ4v) is 3.18. The van der Waals surface area contributed by atoms with Crippen LogP contribution in [-0.2, 0) is 0 Å². The molecule has 0 radical (unpaired) electrons. The van der Waals surface area contributed by atoms with Gasteiger partial charge in [0.1, 0.15) is 5.82 Å². The van der Waals surface area contributed by atoms with Gasteiger partial charge < -0.3 is 0 Å². The summed E-state index contributed by atoms with van der Waals surface area (Å²) >= 11 is 7.77. The lowest BCUT2D eigenvalue weighted by Gasteiger charge is -1.98. The fourth-order valence-electron chi connectivity index (χ4n) is 1.81. The number of hydrogen-bond acceptors (Lipinski definition) is 1. The quantitative estimate of drug-likeness (QED) is 0.554. The predicted octanol–water partition coefficient (Wildman–Crippen LogP) is 5.36. The molecule has 0 atom stereocenters. The van der Waals surface area contributed by atoms with Crippen LogP contribution >= 0.6 is 22.9 Å². The number of fused-ring (bicyclic) bond motifs is 1. The van der Waals surface area contributed by atoms with Crippen molar-refractivity contribution < 1.29 is 4.39 Å². The molecule has 0 saturated heterocycles. The first-order valence-corrected chi connectivity index (χ1v) is 6.37. The monoisotopic (exact) mass is 262 g/mol. The number of benzene rings is 2. The second-order valence-corrected chi connectivity index (χ2v) is 5.26. The van der Waals surface area contributed by atoms with Crippen molar-refractivity contribution in [2.45, 2.75) is 0 Å². The molecule has 2 aromatic carbocycles. The summed E-state index contributed by atoms with van der Waals surface area (Å²) in [6, 6.07) is 14.5. The van der Waals surface area contributed by atoms with Crippen molar-refractivity contribution >= 4 is 33.0 Å². The third-order valence-corrected chi connectivity index (χ3v) is 4.10. The van der Waals surface area contributed by atoms with Crippen molar-refractivity contribution in [2.24, 2.45) is 0 Å². The number of rotatable bonds is 1. The van der Waals surface area contributed by atoms with Crippen LogP contribution in [0.1, 0.15) is 0 Å².